The van der Waals surface area contributed by atoms with E-state index in [1.807, 2.05) is 6.92 Å². The lowest BCUT2D eigenvalue weighted by Gasteiger charge is -2.09. The van der Waals surface area contributed by atoms with Gasteiger partial charge in [-0.25, -0.2) is 0 Å². The third kappa shape index (κ3) is 2.89. The highest BCUT2D eigenvalue weighted by Crippen LogP contribution is 1.97. The zero-order valence-electron chi connectivity index (χ0n) is 7.02. The Kier molecular flexibility index (Phi) is 3.36. The molecule has 0 aromatic carbocycles. The summed E-state index contributed by atoms with van der Waals surface area (Å²) in [6.07, 6.45) is 2.68. The van der Waals surface area contributed by atoms with E-state index in [4.69, 9.17) is 0 Å². The van der Waals surface area contributed by atoms with Gasteiger partial charge in [0.05, 0.1) is 0 Å². The van der Waals surface area contributed by atoms with Crippen molar-refractivity contribution in [3.63, 3.8) is 0 Å². The summed E-state index contributed by atoms with van der Waals surface area (Å²) >= 11 is 0. The molecule has 1 unspecified atom stereocenters. The Bertz CT molecular complexity index is 130. The van der Waals surface area contributed by atoms with Crippen molar-refractivity contribution in [2.45, 2.75) is 32.2 Å². The predicted octanol–water partition coefficient (Wildman–Crippen LogP) is 0.265. The molecule has 1 rings (SSSR count). The summed E-state index contributed by atoms with van der Waals surface area (Å²) in [7, 11) is 0. The lowest BCUT2D eigenvalue weighted by atomic mass is 10.2. The van der Waals surface area contributed by atoms with Crippen molar-refractivity contribution in [1.82, 2.24) is 10.6 Å². The minimum atomic E-state index is 0.196. The third-order valence-electron chi connectivity index (χ3n) is 1.90. The smallest absolute Gasteiger partial charge is 0.220 e. The first-order valence-electron chi connectivity index (χ1n) is 4.33. The van der Waals surface area contributed by atoms with Gasteiger partial charge in [-0.15, -0.1) is 0 Å². The number of carbonyl (C=O) groups is 1. The summed E-state index contributed by atoms with van der Waals surface area (Å²) in [5, 5.41) is 6.18. The van der Waals surface area contributed by atoms with Gasteiger partial charge >= 0.3 is 0 Å². The Morgan fingerprint density at radius 1 is 1.73 bits per heavy atom. The zero-order chi connectivity index (χ0) is 8.10. The summed E-state index contributed by atoms with van der Waals surface area (Å²) in [5.74, 6) is 0.196. The Morgan fingerprint density at radius 3 is 3.09 bits per heavy atom. The van der Waals surface area contributed by atoms with Crippen LogP contribution in [0, 0.1) is 0 Å². The van der Waals surface area contributed by atoms with E-state index in [1.165, 1.54) is 0 Å². The van der Waals surface area contributed by atoms with E-state index < -0.39 is 0 Å². The van der Waals surface area contributed by atoms with E-state index in [-0.39, 0.29) is 5.91 Å². The first-order valence-corrected chi connectivity index (χ1v) is 4.33. The SMILES string of the molecule is CCCC(=O)NC1CCNC1. The minimum absolute atomic E-state index is 0.196. The molecule has 64 valence electrons. The second-order valence-electron chi connectivity index (χ2n) is 3.01. The fourth-order valence-corrected chi connectivity index (χ4v) is 1.30. The van der Waals surface area contributed by atoms with Crippen molar-refractivity contribution < 1.29 is 4.79 Å². The van der Waals surface area contributed by atoms with Crippen molar-refractivity contribution in [2.24, 2.45) is 0 Å². The molecule has 0 bridgehead atoms. The Labute approximate surface area is 67.5 Å². The molecule has 11 heavy (non-hydrogen) atoms. The van der Waals surface area contributed by atoms with Crippen LogP contribution in [0.5, 0.6) is 0 Å². The normalized spacial score (nSPS) is 23.5. The molecular weight excluding hydrogens is 140 g/mol. The number of hydrogen-bond donors (Lipinski definition) is 2. The van der Waals surface area contributed by atoms with Crippen molar-refractivity contribution in [3.8, 4) is 0 Å². The van der Waals surface area contributed by atoms with Crippen molar-refractivity contribution in [2.75, 3.05) is 13.1 Å². The average molecular weight is 156 g/mol. The van der Waals surface area contributed by atoms with Gasteiger partial charge in [-0.2, -0.15) is 0 Å². The van der Waals surface area contributed by atoms with Gasteiger partial charge in [-0.3, -0.25) is 4.79 Å². The molecule has 0 aromatic heterocycles. The van der Waals surface area contributed by atoms with Crippen LogP contribution < -0.4 is 10.6 Å². The van der Waals surface area contributed by atoms with E-state index in [0.717, 1.165) is 25.9 Å². The highest BCUT2D eigenvalue weighted by Gasteiger charge is 2.15. The van der Waals surface area contributed by atoms with Crippen molar-refractivity contribution in [3.05, 3.63) is 0 Å². The van der Waals surface area contributed by atoms with Gasteiger partial charge in [0.1, 0.15) is 0 Å². The monoisotopic (exact) mass is 156 g/mol. The van der Waals surface area contributed by atoms with Crippen molar-refractivity contribution in [1.29, 1.82) is 0 Å². The van der Waals surface area contributed by atoms with E-state index >= 15 is 0 Å². The van der Waals surface area contributed by atoms with Crippen LogP contribution in [0.25, 0.3) is 0 Å². The molecule has 1 aliphatic rings. The molecule has 1 amide bonds. The molecule has 0 spiro atoms. The quantitative estimate of drug-likeness (QED) is 0.615. The highest BCUT2D eigenvalue weighted by atomic mass is 16.1. The van der Waals surface area contributed by atoms with Crippen LogP contribution in [0.4, 0.5) is 0 Å². The molecule has 1 atom stereocenters. The Balaban J connectivity index is 2.13. The van der Waals surface area contributed by atoms with Crippen LogP contribution in [-0.4, -0.2) is 25.0 Å². The van der Waals surface area contributed by atoms with E-state index in [2.05, 4.69) is 10.6 Å². The molecule has 0 radical (unpaired) electrons. The maximum absolute atomic E-state index is 11.1. The maximum Gasteiger partial charge on any atom is 0.220 e. The van der Waals surface area contributed by atoms with Crippen LogP contribution in [0.15, 0.2) is 0 Å². The van der Waals surface area contributed by atoms with Gasteiger partial charge in [0.2, 0.25) is 5.91 Å². The van der Waals surface area contributed by atoms with Crippen LogP contribution in [-0.2, 0) is 4.79 Å². The molecule has 0 aromatic rings. The van der Waals surface area contributed by atoms with E-state index in [0.29, 0.717) is 12.5 Å². The molecule has 0 saturated carbocycles. The number of amides is 1. The second kappa shape index (κ2) is 4.34. The standard InChI is InChI=1S/C8H16N2O/c1-2-3-8(11)10-7-4-5-9-6-7/h7,9H,2-6H2,1H3,(H,10,11). The second-order valence-corrected chi connectivity index (χ2v) is 3.01. The van der Waals surface area contributed by atoms with E-state index in [9.17, 15) is 4.79 Å². The largest absolute Gasteiger partial charge is 0.352 e. The summed E-state index contributed by atoms with van der Waals surface area (Å²) in [6, 6.07) is 0.383. The van der Waals surface area contributed by atoms with Gasteiger partial charge < -0.3 is 10.6 Å². The fraction of sp³-hybridized carbons (Fsp3) is 0.875. The van der Waals surface area contributed by atoms with Crippen LogP contribution in [0.2, 0.25) is 0 Å². The minimum Gasteiger partial charge on any atom is -0.352 e. The maximum atomic E-state index is 11.1. The molecular formula is C8H16N2O. The van der Waals surface area contributed by atoms with Crippen molar-refractivity contribution >= 4 is 5.91 Å². The summed E-state index contributed by atoms with van der Waals surface area (Å²) in [5.41, 5.74) is 0. The molecule has 1 fully saturated rings. The van der Waals surface area contributed by atoms with Crippen LogP contribution in [0.3, 0.4) is 0 Å². The zero-order valence-corrected chi connectivity index (χ0v) is 7.02. The van der Waals surface area contributed by atoms with Crippen LogP contribution >= 0.6 is 0 Å². The Morgan fingerprint density at radius 2 is 2.55 bits per heavy atom. The predicted molar refractivity (Wildman–Crippen MR) is 44.3 cm³/mol. The van der Waals surface area contributed by atoms with Gasteiger partial charge in [0, 0.05) is 19.0 Å². The molecule has 1 saturated heterocycles. The third-order valence-corrected chi connectivity index (χ3v) is 1.90. The lowest BCUT2D eigenvalue weighted by Crippen LogP contribution is -2.35. The van der Waals surface area contributed by atoms with Gasteiger partial charge in [-0.05, 0) is 19.4 Å². The molecule has 0 aliphatic carbocycles. The molecule has 1 heterocycles. The lowest BCUT2D eigenvalue weighted by molar-refractivity contribution is -0.121. The van der Waals surface area contributed by atoms with Gasteiger partial charge in [0.15, 0.2) is 0 Å². The highest BCUT2D eigenvalue weighted by molar-refractivity contribution is 5.76. The summed E-state index contributed by atoms with van der Waals surface area (Å²) in [6.45, 7) is 4.00. The molecule has 3 nitrogen and oxygen atoms in total. The topological polar surface area (TPSA) is 41.1 Å². The first-order chi connectivity index (χ1) is 5.33. The Hall–Kier alpha value is -0.570. The molecule has 3 heteroatoms. The number of nitrogens with one attached hydrogen (secondary N) is 2. The summed E-state index contributed by atoms with van der Waals surface area (Å²) in [4.78, 5) is 11.1. The number of hydrogen-bond acceptors (Lipinski definition) is 2. The number of carbonyl (C=O) groups excluding carboxylic acids is 1. The average Bonchev–Trinajstić information content (AvgIpc) is 2.40. The fourth-order valence-electron chi connectivity index (χ4n) is 1.30. The van der Waals surface area contributed by atoms with Crippen LogP contribution in [0.1, 0.15) is 26.2 Å². The van der Waals surface area contributed by atoms with Gasteiger partial charge in [0.25, 0.3) is 0 Å². The molecule has 2 N–H and O–H groups in total. The van der Waals surface area contributed by atoms with E-state index in [1.54, 1.807) is 0 Å². The summed E-state index contributed by atoms with van der Waals surface area (Å²) < 4.78 is 0. The first kappa shape index (κ1) is 8.53. The molecule has 1 aliphatic heterocycles. The number of rotatable bonds is 3. The van der Waals surface area contributed by atoms with Gasteiger partial charge in [-0.1, -0.05) is 6.92 Å².